The number of hydrogen-bond acceptors (Lipinski definition) is 4. The third kappa shape index (κ3) is 2.67. The fraction of sp³-hybridized carbons (Fsp3) is 0.118. The zero-order valence-corrected chi connectivity index (χ0v) is 13.2. The van der Waals surface area contributed by atoms with Crippen molar-refractivity contribution >= 4 is 17.5 Å². The second kappa shape index (κ2) is 6.15. The second-order valence-corrected chi connectivity index (χ2v) is 5.70. The Balaban J connectivity index is 2.22. The molecule has 3 rings (SSSR count). The molecule has 2 aromatic carbocycles. The molecule has 0 atom stereocenters. The van der Waals surface area contributed by atoms with E-state index in [1.807, 2.05) is 60.9 Å². The highest BCUT2D eigenvalue weighted by Gasteiger charge is 2.19. The van der Waals surface area contributed by atoms with E-state index in [0.29, 0.717) is 5.69 Å². The molecule has 0 unspecified atom stereocenters. The van der Waals surface area contributed by atoms with Crippen molar-refractivity contribution in [2.24, 2.45) is 0 Å². The van der Waals surface area contributed by atoms with Crippen LogP contribution in [0.4, 0.5) is 0 Å². The average Bonchev–Trinajstić information content (AvgIpc) is 3.01. The van der Waals surface area contributed by atoms with Crippen LogP contribution in [0.25, 0.3) is 16.9 Å². The number of nitrogens with zero attached hydrogens (tertiary/aromatic N) is 3. The molecule has 1 aromatic heterocycles. The quantitative estimate of drug-likeness (QED) is 0.542. The minimum absolute atomic E-state index is 0.0916. The van der Waals surface area contributed by atoms with Crippen LogP contribution in [0.2, 0.25) is 0 Å². The van der Waals surface area contributed by atoms with Crippen LogP contribution in [0.5, 0.6) is 0 Å². The largest absolute Gasteiger partial charge is 0.293 e. The third-order valence-corrected chi connectivity index (χ3v) is 4.07. The molecule has 0 N–H and O–H groups in total. The molecule has 0 fully saturated rings. The van der Waals surface area contributed by atoms with Gasteiger partial charge in [0.15, 0.2) is 11.5 Å². The third-order valence-electron chi connectivity index (χ3n) is 3.35. The van der Waals surface area contributed by atoms with Gasteiger partial charge in [0, 0.05) is 17.4 Å². The first kappa shape index (κ1) is 14.5. The zero-order valence-electron chi connectivity index (χ0n) is 12.4. The lowest BCUT2D eigenvalue weighted by Gasteiger charge is -2.08. The van der Waals surface area contributed by atoms with Crippen LogP contribution in [-0.4, -0.2) is 27.0 Å². The summed E-state index contributed by atoms with van der Waals surface area (Å²) in [5, 5.41) is 8.28. The van der Waals surface area contributed by atoms with Gasteiger partial charge in [-0.25, -0.2) is 4.68 Å². The second-order valence-electron chi connectivity index (χ2n) is 4.82. The van der Waals surface area contributed by atoms with Crippen molar-refractivity contribution in [2.45, 2.75) is 11.8 Å². The van der Waals surface area contributed by atoms with Crippen molar-refractivity contribution in [1.29, 1.82) is 0 Å². The Bertz CT molecular complexity index is 812. The first-order chi connectivity index (χ1) is 10.7. The number of ketones is 1. The molecule has 110 valence electrons. The predicted molar refractivity (Wildman–Crippen MR) is 88.6 cm³/mol. The molecule has 0 amide bonds. The van der Waals surface area contributed by atoms with E-state index < -0.39 is 0 Å². The standard InChI is InChI=1S/C17H15N3OS/c1-12(21)16-17(13-7-4-3-5-8-13)20(19-18-16)14-9-6-10-15(11-14)22-2/h3-11H,1-2H3. The summed E-state index contributed by atoms with van der Waals surface area (Å²) in [5.74, 6) is -0.0916. The molecule has 3 aromatic rings. The van der Waals surface area contributed by atoms with Gasteiger partial charge in [-0.05, 0) is 24.5 Å². The number of Topliss-reactive ketones (excluding diaryl/α,β-unsaturated/α-hetero) is 1. The maximum absolute atomic E-state index is 11.9. The van der Waals surface area contributed by atoms with Gasteiger partial charge < -0.3 is 0 Å². The maximum Gasteiger partial charge on any atom is 0.182 e. The highest BCUT2D eigenvalue weighted by atomic mass is 32.2. The van der Waals surface area contributed by atoms with Crippen molar-refractivity contribution in [1.82, 2.24) is 15.0 Å². The lowest BCUT2D eigenvalue weighted by atomic mass is 10.1. The van der Waals surface area contributed by atoms with Crippen LogP contribution >= 0.6 is 11.8 Å². The fourth-order valence-corrected chi connectivity index (χ4v) is 2.75. The Kier molecular flexibility index (Phi) is 4.06. The van der Waals surface area contributed by atoms with Gasteiger partial charge in [0.1, 0.15) is 5.69 Å². The van der Waals surface area contributed by atoms with Crippen molar-refractivity contribution in [3.8, 4) is 16.9 Å². The molecule has 5 heteroatoms. The maximum atomic E-state index is 11.9. The van der Waals surface area contributed by atoms with Crippen LogP contribution in [0.1, 0.15) is 17.4 Å². The smallest absolute Gasteiger partial charge is 0.182 e. The first-order valence-electron chi connectivity index (χ1n) is 6.87. The van der Waals surface area contributed by atoms with E-state index in [4.69, 9.17) is 0 Å². The van der Waals surface area contributed by atoms with Gasteiger partial charge in [-0.3, -0.25) is 4.79 Å². The van der Waals surface area contributed by atoms with Gasteiger partial charge in [-0.2, -0.15) is 0 Å². The van der Waals surface area contributed by atoms with Crippen LogP contribution < -0.4 is 0 Å². The lowest BCUT2D eigenvalue weighted by Crippen LogP contribution is -2.01. The zero-order chi connectivity index (χ0) is 15.5. The van der Waals surface area contributed by atoms with E-state index >= 15 is 0 Å². The number of thioether (sulfide) groups is 1. The summed E-state index contributed by atoms with van der Waals surface area (Å²) in [6.45, 7) is 1.51. The molecule has 0 aliphatic carbocycles. The molecule has 22 heavy (non-hydrogen) atoms. The van der Waals surface area contributed by atoms with Crippen molar-refractivity contribution < 1.29 is 4.79 Å². The summed E-state index contributed by atoms with van der Waals surface area (Å²) < 4.78 is 1.73. The molecule has 0 bridgehead atoms. The van der Waals surface area contributed by atoms with Gasteiger partial charge in [0.25, 0.3) is 0 Å². The Labute approximate surface area is 133 Å². The normalized spacial score (nSPS) is 10.6. The van der Waals surface area contributed by atoms with E-state index in [9.17, 15) is 4.79 Å². The molecule has 0 saturated heterocycles. The Morgan fingerprint density at radius 2 is 1.86 bits per heavy atom. The highest BCUT2D eigenvalue weighted by Crippen LogP contribution is 2.27. The van der Waals surface area contributed by atoms with Crippen LogP contribution in [0, 0.1) is 0 Å². The summed E-state index contributed by atoms with van der Waals surface area (Å²) in [5.41, 5.74) is 2.94. The van der Waals surface area contributed by atoms with Crippen molar-refractivity contribution in [3.63, 3.8) is 0 Å². The molecular weight excluding hydrogens is 294 g/mol. The van der Waals surface area contributed by atoms with Gasteiger partial charge in [-0.1, -0.05) is 41.6 Å². The Hall–Kier alpha value is -2.40. The number of carbonyl (C=O) groups excluding carboxylic acids is 1. The molecule has 1 heterocycles. The molecule has 0 aliphatic heterocycles. The molecule has 4 nitrogen and oxygen atoms in total. The van der Waals surface area contributed by atoms with E-state index in [1.54, 1.807) is 16.4 Å². The Morgan fingerprint density at radius 1 is 1.09 bits per heavy atom. The van der Waals surface area contributed by atoms with Crippen molar-refractivity contribution in [2.75, 3.05) is 6.26 Å². The summed E-state index contributed by atoms with van der Waals surface area (Å²) in [7, 11) is 0. The highest BCUT2D eigenvalue weighted by molar-refractivity contribution is 7.98. The Morgan fingerprint density at radius 3 is 2.55 bits per heavy atom. The van der Waals surface area contributed by atoms with E-state index in [1.165, 1.54) is 6.92 Å². The fourth-order valence-electron chi connectivity index (χ4n) is 2.30. The molecular formula is C17H15N3OS. The monoisotopic (exact) mass is 309 g/mol. The van der Waals surface area contributed by atoms with Crippen LogP contribution in [0.3, 0.4) is 0 Å². The topological polar surface area (TPSA) is 47.8 Å². The van der Waals surface area contributed by atoms with Crippen molar-refractivity contribution in [3.05, 3.63) is 60.3 Å². The summed E-state index contributed by atoms with van der Waals surface area (Å²) >= 11 is 1.66. The SMILES string of the molecule is CSc1cccc(-n2nnc(C(C)=O)c2-c2ccccc2)c1. The molecule has 0 aliphatic rings. The lowest BCUT2D eigenvalue weighted by molar-refractivity contribution is 0.101. The number of aromatic nitrogens is 3. The van der Waals surface area contributed by atoms with Crippen LogP contribution in [0.15, 0.2) is 59.5 Å². The van der Waals surface area contributed by atoms with Gasteiger partial charge in [0.05, 0.1) is 5.69 Å². The predicted octanol–water partition coefficient (Wildman–Crippen LogP) is 3.86. The van der Waals surface area contributed by atoms with Crippen LogP contribution in [-0.2, 0) is 0 Å². The van der Waals surface area contributed by atoms with Gasteiger partial charge >= 0.3 is 0 Å². The number of carbonyl (C=O) groups is 1. The molecule has 0 saturated carbocycles. The van der Waals surface area contributed by atoms with Gasteiger partial charge in [0.2, 0.25) is 0 Å². The van der Waals surface area contributed by atoms with E-state index in [2.05, 4.69) is 10.3 Å². The molecule has 0 spiro atoms. The summed E-state index contributed by atoms with van der Waals surface area (Å²) in [6.07, 6.45) is 2.03. The minimum atomic E-state index is -0.0916. The van der Waals surface area contributed by atoms with E-state index in [0.717, 1.165) is 21.8 Å². The van der Waals surface area contributed by atoms with Gasteiger partial charge in [-0.15, -0.1) is 16.9 Å². The van der Waals surface area contributed by atoms with E-state index in [-0.39, 0.29) is 5.78 Å². The number of rotatable bonds is 4. The summed E-state index contributed by atoms with van der Waals surface area (Å²) in [6, 6.07) is 17.8. The number of benzene rings is 2. The first-order valence-corrected chi connectivity index (χ1v) is 8.09. The minimum Gasteiger partial charge on any atom is -0.293 e. The summed E-state index contributed by atoms with van der Waals surface area (Å²) in [4.78, 5) is 13.0. The number of hydrogen-bond donors (Lipinski definition) is 0. The average molecular weight is 309 g/mol. The molecule has 0 radical (unpaired) electrons.